The summed E-state index contributed by atoms with van der Waals surface area (Å²) in [5, 5.41) is 5.55. The molecule has 0 N–H and O–H groups in total. The van der Waals surface area contributed by atoms with Crippen molar-refractivity contribution in [3.05, 3.63) is 51.6 Å². The Morgan fingerprint density at radius 2 is 1.93 bits per heavy atom. The maximum Gasteiger partial charge on any atom is 0.261 e. The molecule has 0 spiro atoms. The van der Waals surface area contributed by atoms with Gasteiger partial charge in [-0.05, 0) is 25.1 Å². The van der Waals surface area contributed by atoms with Crippen LogP contribution in [0.15, 0.2) is 46.1 Å². The average molecular weight is 449 g/mol. The fourth-order valence-electron chi connectivity index (χ4n) is 3.33. The van der Waals surface area contributed by atoms with Crippen molar-refractivity contribution in [1.29, 1.82) is 0 Å². The number of benzene rings is 1. The van der Waals surface area contributed by atoms with Crippen molar-refractivity contribution in [3.63, 3.8) is 0 Å². The van der Waals surface area contributed by atoms with Crippen LogP contribution >= 0.6 is 15.9 Å². The highest BCUT2D eigenvalue weighted by atomic mass is 79.9. The van der Waals surface area contributed by atoms with Gasteiger partial charge >= 0.3 is 0 Å². The quantitative estimate of drug-likeness (QED) is 0.482. The molecule has 4 aromatic rings. The number of hydrogen-bond acceptors (Lipinski definition) is 4. The summed E-state index contributed by atoms with van der Waals surface area (Å²) in [6.45, 7) is 1.62. The molecule has 0 aliphatic rings. The number of aryl methyl sites for hydroxylation is 2. The Morgan fingerprint density at radius 3 is 2.63 bits per heavy atom. The lowest BCUT2D eigenvalue weighted by Crippen LogP contribution is -2.16. The number of rotatable bonds is 3. The van der Waals surface area contributed by atoms with Crippen molar-refractivity contribution < 1.29 is 8.42 Å². The largest absolute Gasteiger partial charge is 0.317 e. The molecule has 7 nitrogen and oxygen atoms in total. The third kappa shape index (κ3) is 2.64. The van der Waals surface area contributed by atoms with Gasteiger partial charge in [0.15, 0.2) is 0 Å². The minimum atomic E-state index is -3.42. The highest BCUT2D eigenvalue weighted by molar-refractivity contribution is 9.10. The van der Waals surface area contributed by atoms with Crippen molar-refractivity contribution in [3.8, 4) is 11.1 Å². The lowest BCUT2D eigenvalue weighted by atomic mass is 10.0. The van der Waals surface area contributed by atoms with Crippen LogP contribution in [0.4, 0.5) is 0 Å². The van der Waals surface area contributed by atoms with Gasteiger partial charge in [-0.1, -0.05) is 15.9 Å². The van der Waals surface area contributed by atoms with Crippen molar-refractivity contribution in [2.75, 3.05) is 5.75 Å². The van der Waals surface area contributed by atoms with Gasteiger partial charge in [-0.25, -0.2) is 12.4 Å². The summed E-state index contributed by atoms with van der Waals surface area (Å²) in [5.41, 5.74) is 2.75. The predicted molar refractivity (Wildman–Crippen MR) is 109 cm³/mol. The van der Waals surface area contributed by atoms with Gasteiger partial charge in [-0.2, -0.15) is 5.10 Å². The molecular weight excluding hydrogens is 432 g/mol. The van der Waals surface area contributed by atoms with Gasteiger partial charge in [0.1, 0.15) is 0 Å². The van der Waals surface area contributed by atoms with Crippen LogP contribution in [0.25, 0.3) is 32.9 Å². The van der Waals surface area contributed by atoms with Crippen molar-refractivity contribution in [1.82, 2.24) is 18.3 Å². The van der Waals surface area contributed by atoms with Crippen molar-refractivity contribution in [2.45, 2.75) is 6.92 Å². The monoisotopic (exact) mass is 448 g/mol. The molecule has 0 saturated heterocycles. The summed E-state index contributed by atoms with van der Waals surface area (Å²) >= 11 is 3.60. The van der Waals surface area contributed by atoms with Gasteiger partial charge in [-0.3, -0.25) is 9.48 Å². The molecule has 140 valence electrons. The fourth-order valence-corrected chi connectivity index (χ4v) is 4.89. The average Bonchev–Trinajstić information content (AvgIpc) is 3.21. The number of pyridine rings is 1. The number of aromatic nitrogens is 4. The van der Waals surface area contributed by atoms with E-state index in [-0.39, 0.29) is 11.3 Å². The minimum Gasteiger partial charge on any atom is -0.317 e. The summed E-state index contributed by atoms with van der Waals surface area (Å²) in [6.07, 6.45) is 4.87. The third-order valence-electron chi connectivity index (χ3n) is 4.77. The smallest absolute Gasteiger partial charge is 0.261 e. The summed E-state index contributed by atoms with van der Waals surface area (Å²) in [5.74, 6) is 0.00793. The Labute approximate surface area is 164 Å². The maximum atomic E-state index is 12.4. The molecule has 0 bridgehead atoms. The third-order valence-corrected chi connectivity index (χ3v) is 7.07. The summed E-state index contributed by atoms with van der Waals surface area (Å²) in [6, 6.07) is 5.50. The number of halogens is 1. The van der Waals surface area contributed by atoms with Crippen LogP contribution in [0.3, 0.4) is 0 Å². The van der Waals surface area contributed by atoms with Crippen LogP contribution in [0, 0.1) is 0 Å². The zero-order chi connectivity index (χ0) is 19.5. The molecule has 0 radical (unpaired) electrons. The van der Waals surface area contributed by atoms with Crippen LogP contribution in [0.1, 0.15) is 6.92 Å². The topological polar surface area (TPSA) is 78.9 Å². The Morgan fingerprint density at radius 1 is 1.19 bits per heavy atom. The van der Waals surface area contributed by atoms with Crippen LogP contribution in [-0.4, -0.2) is 32.5 Å². The molecule has 0 saturated carbocycles. The van der Waals surface area contributed by atoms with Crippen molar-refractivity contribution >= 4 is 47.8 Å². The van der Waals surface area contributed by atoms with Crippen LogP contribution < -0.4 is 5.56 Å². The highest BCUT2D eigenvalue weighted by Crippen LogP contribution is 2.36. The van der Waals surface area contributed by atoms with E-state index >= 15 is 0 Å². The van der Waals surface area contributed by atoms with Gasteiger partial charge in [0.05, 0.1) is 28.4 Å². The van der Waals surface area contributed by atoms with Gasteiger partial charge in [-0.15, -0.1) is 0 Å². The minimum absolute atomic E-state index is 0.00793. The lowest BCUT2D eigenvalue weighted by molar-refractivity contribution is 0.590. The molecular formula is C18H17BrN4O3S. The van der Waals surface area contributed by atoms with Crippen LogP contribution in [-0.2, 0) is 24.1 Å². The molecule has 1 aromatic carbocycles. The fraction of sp³-hybridized carbons (Fsp3) is 0.222. The van der Waals surface area contributed by atoms with E-state index in [1.54, 1.807) is 50.4 Å². The molecule has 0 aliphatic carbocycles. The Hall–Kier alpha value is -2.39. The molecule has 0 fully saturated rings. The number of nitrogens with zero attached hydrogens (tertiary/aromatic N) is 4. The first-order valence-corrected chi connectivity index (χ1v) is 10.7. The van der Waals surface area contributed by atoms with E-state index in [0.29, 0.717) is 16.4 Å². The normalized spacial score (nSPS) is 12.3. The van der Waals surface area contributed by atoms with Crippen LogP contribution in [0.5, 0.6) is 0 Å². The first-order valence-electron chi connectivity index (χ1n) is 8.30. The second kappa shape index (κ2) is 6.07. The van der Waals surface area contributed by atoms with E-state index < -0.39 is 10.0 Å². The molecule has 0 unspecified atom stereocenters. The van der Waals surface area contributed by atoms with Gasteiger partial charge in [0, 0.05) is 47.5 Å². The van der Waals surface area contributed by atoms with Crippen molar-refractivity contribution in [2.24, 2.45) is 14.1 Å². The lowest BCUT2D eigenvalue weighted by Gasteiger charge is -2.12. The van der Waals surface area contributed by atoms with Gasteiger partial charge < -0.3 is 4.57 Å². The second-order valence-electron chi connectivity index (χ2n) is 6.39. The van der Waals surface area contributed by atoms with E-state index in [0.717, 1.165) is 21.0 Å². The Balaban J connectivity index is 2.12. The molecule has 9 heteroatoms. The Kier molecular flexibility index (Phi) is 4.04. The van der Waals surface area contributed by atoms with E-state index in [2.05, 4.69) is 21.0 Å². The maximum absolute atomic E-state index is 12.4. The summed E-state index contributed by atoms with van der Waals surface area (Å²) in [7, 11) is 0.0498. The Bertz CT molecular complexity index is 1380. The van der Waals surface area contributed by atoms with E-state index in [4.69, 9.17) is 0 Å². The number of hydrogen-bond donors (Lipinski definition) is 0. The molecule has 3 aromatic heterocycles. The standard InChI is InChI=1S/C18H17BrN4O3S/c1-4-27(25,26)23-6-5-11-7-15(19)12(8-16(11)23)14-10-21(2)18(24)13-9-20-22(3)17(13)14/h5-10H,4H2,1-3H3. The van der Waals surface area contributed by atoms with E-state index in [1.807, 2.05) is 12.1 Å². The molecule has 4 rings (SSSR count). The predicted octanol–water partition coefficient (Wildman–Crippen LogP) is 2.85. The number of fused-ring (bicyclic) bond motifs is 2. The van der Waals surface area contributed by atoms with Gasteiger partial charge in [0.2, 0.25) is 10.0 Å². The summed E-state index contributed by atoms with van der Waals surface area (Å²) < 4.78 is 30.1. The summed E-state index contributed by atoms with van der Waals surface area (Å²) in [4.78, 5) is 12.4. The first kappa shape index (κ1) is 18.0. The molecule has 0 atom stereocenters. The molecule has 3 heterocycles. The SMILES string of the molecule is CCS(=O)(=O)n1ccc2cc(Br)c(-c3cn(C)c(=O)c4cnn(C)c34)cc21. The molecule has 0 amide bonds. The molecule has 0 aliphatic heterocycles. The van der Waals surface area contributed by atoms with E-state index in [9.17, 15) is 13.2 Å². The van der Waals surface area contributed by atoms with E-state index in [1.165, 1.54) is 8.54 Å². The first-order chi connectivity index (χ1) is 12.7. The van der Waals surface area contributed by atoms with Gasteiger partial charge in [0.25, 0.3) is 5.56 Å². The second-order valence-corrected chi connectivity index (χ2v) is 9.38. The zero-order valence-corrected chi connectivity index (χ0v) is 17.4. The highest BCUT2D eigenvalue weighted by Gasteiger charge is 2.19. The van der Waals surface area contributed by atoms with Crippen LogP contribution in [0.2, 0.25) is 0 Å². The zero-order valence-electron chi connectivity index (χ0n) is 15.0. The molecule has 27 heavy (non-hydrogen) atoms.